The fourth-order valence-corrected chi connectivity index (χ4v) is 18.5. The Hall–Kier alpha value is -7.20. The van der Waals surface area contributed by atoms with Crippen molar-refractivity contribution in [2.24, 2.45) is 4.99 Å². The van der Waals surface area contributed by atoms with Gasteiger partial charge in [0.25, 0.3) is 0 Å². The molecule has 0 fully saturated rings. The molecule has 7 aromatic rings. The van der Waals surface area contributed by atoms with Crippen molar-refractivity contribution in [1.29, 1.82) is 0 Å². The summed E-state index contributed by atoms with van der Waals surface area (Å²) in [5.74, 6) is 4.84. The molecule has 9 rings (SSSR count). The van der Waals surface area contributed by atoms with Crippen molar-refractivity contribution in [1.82, 2.24) is 15.1 Å². The number of benzene rings is 7. The second-order valence-electron chi connectivity index (χ2n) is 22.9. The van der Waals surface area contributed by atoms with Crippen LogP contribution in [0.3, 0.4) is 0 Å². The molecular weight excluding hydrogens is 1090 g/mol. The summed E-state index contributed by atoms with van der Waals surface area (Å²) in [4.78, 5) is 34.8. The van der Waals surface area contributed by atoms with E-state index in [0.717, 1.165) is 72.7 Å². The van der Waals surface area contributed by atoms with Crippen LogP contribution in [0.15, 0.2) is 185 Å². The molecule has 11 nitrogen and oxygen atoms in total. The SMILES string of the molecule is C=C(C)C(=O)CCCCN(Cc1ccccc1B(O)O)Cc1c2ccccc2c(CN(CCCNC(=O)C(=C)C)Cc2ccccc2B(O)O)c2ccc(-c3ccc(C)c(C4=C5C=CC(=NC)C=[C]5[Ge]([CH3])([CH3])[c]5cc(NC)ccc54)c3)cc12. The average Bonchev–Trinajstić information content (AvgIpc) is 1.97. The van der Waals surface area contributed by atoms with Gasteiger partial charge in [-0.15, -0.1) is 0 Å². The molecule has 424 valence electrons. The number of nitrogens with one attached hydrogen (secondary N) is 2. The fourth-order valence-electron chi connectivity index (χ4n) is 12.1. The number of carbonyl (C=O) groups excluding carboxylic acids is 2. The summed E-state index contributed by atoms with van der Waals surface area (Å²) in [6, 6.07) is 44.0. The third-order valence-electron chi connectivity index (χ3n) is 16.7. The first kappa shape index (κ1) is 60.4. The van der Waals surface area contributed by atoms with Crippen LogP contribution in [0.5, 0.6) is 0 Å². The molecule has 2 aliphatic rings. The molecule has 1 heterocycles. The van der Waals surface area contributed by atoms with Crippen LogP contribution in [-0.4, -0.2) is 109 Å². The van der Waals surface area contributed by atoms with Gasteiger partial charge in [0.2, 0.25) is 5.91 Å². The van der Waals surface area contributed by atoms with Crippen molar-refractivity contribution in [3.63, 3.8) is 0 Å². The standard InChI is InChI=1S/C69H77B2GeN5O6/c1-45(2)67(78)25-16-17-35-76(41-50-19-10-14-23-63(50)70(80)81)44-62-55-22-13-12-21-54(55)61(43-77(36-18-34-75-69(79)46(3)4)42-51-20-11-15-24-64(51)71(82)83)56-31-28-49(38-60(56)62)48-27-26-47(5)59(37-48)68-57-32-29-52(73-8)39-65(57)72(6,7)66-40-53(74-9)30-33-58(66)68/h10-15,19-24,26-33,37-40,73,80-83H,1,3,16-18,25,34-36,41-44H2,2,4-9H3,(H,75,79). The van der Waals surface area contributed by atoms with Gasteiger partial charge in [-0.2, -0.15) is 0 Å². The van der Waals surface area contributed by atoms with Crippen LogP contribution in [0.2, 0.25) is 11.5 Å². The number of hydrogen-bond acceptors (Lipinski definition) is 10. The molecule has 0 radical (unpaired) electrons. The second-order valence-corrected chi connectivity index (χ2v) is 32.0. The topological polar surface area (TPSA) is 158 Å². The van der Waals surface area contributed by atoms with Crippen molar-refractivity contribution in [2.75, 3.05) is 39.0 Å². The minimum atomic E-state index is -2.87. The molecule has 1 amide bonds. The van der Waals surface area contributed by atoms with E-state index in [4.69, 9.17) is 0 Å². The van der Waals surface area contributed by atoms with Gasteiger partial charge in [0, 0.05) is 38.2 Å². The van der Waals surface area contributed by atoms with Gasteiger partial charge in [-0.3, -0.25) is 14.5 Å². The van der Waals surface area contributed by atoms with Crippen molar-refractivity contribution in [3.8, 4) is 11.1 Å². The second kappa shape index (κ2) is 26.6. The van der Waals surface area contributed by atoms with Gasteiger partial charge in [0.15, 0.2) is 5.78 Å². The van der Waals surface area contributed by atoms with Crippen LogP contribution in [0.1, 0.15) is 78.5 Å². The predicted octanol–water partition coefficient (Wildman–Crippen LogP) is 9.61. The number of nitrogens with zero attached hydrogens (tertiary/aromatic N) is 3. The van der Waals surface area contributed by atoms with Crippen LogP contribution in [0.25, 0.3) is 38.2 Å². The van der Waals surface area contributed by atoms with E-state index < -0.39 is 27.5 Å². The maximum absolute atomic E-state index is 12.8. The fraction of sp³-hybridized carbons (Fsp3) is 0.261. The molecule has 1 aliphatic heterocycles. The molecule has 6 N–H and O–H groups in total. The molecule has 0 saturated heterocycles. The van der Waals surface area contributed by atoms with E-state index in [1.54, 1.807) is 26.0 Å². The zero-order valence-electron chi connectivity index (χ0n) is 49.2. The molecule has 83 heavy (non-hydrogen) atoms. The summed E-state index contributed by atoms with van der Waals surface area (Å²) >= 11 is -2.87. The van der Waals surface area contributed by atoms with E-state index in [1.165, 1.54) is 36.6 Å². The number of aryl methyl sites for hydroxylation is 1. The van der Waals surface area contributed by atoms with Gasteiger partial charge >= 0.3 is 259 Å². The van der Waals surface area contributed by atoms with Crippen LogP contribution < -0.4 is 26.0 Å². The monoisotopic (exact) mass is 1170 g/mol. The maximum atomic E-state index is 12.8. The van der Waals surface area contributed by atoms with E-state index in [2.05, 4.69) is 154 Å². The Morgan fingerprint density at radius 1 is 0.639 bits per heavy atom. The van der Waals surface area contributed by atoms with Gasteiger partial charge in [0.05, 0.1) is 0 Å². The minimum absolute atomic E-state index is 0.0532. The first-order valence-corrected chi connectivity index (χ1v) is 35.1. The molecule has 0 unspecified atom stereocenters. The number of hydrogen-bond donors (Lipinski definition) is 6. The number of ketones is 1. The summed E-state index contributed by atoms with van der Waals surface area (Å²) in [5, 5.41) is 53.1. The number of anilines is 1. The van der Waals surface area contributed by atoms with Crippen LogP contribution in [0.4, 0.5) is 5.69 Å². The van der Waals surface area contributed by atoms with E-state index >= 15 is 0 Å². The van der Waals surface area contributed by atoms with Crippen LogP contribution >= 0.6 is 0 Å². The Labute approximate surface area is 493 Å². The molecule has 0 spiro atoms. The average molecular weight is 1170 g/mol. The third kappa shape index (κ3) is 13.4. The number of carbonyl (C=O) groups is 2. The number of allylic oxidation sites excluding steroid dienone is 6. The number of fused-ring (bicyclic) bond motifs is 4. The van der Waals surface area contributed by atoms with E-state index in [1.807, 2.05) is 50.5 Å². The normalized spacial score (nSPS) is 14.0. The summed E-state index contributed by atoms with van der Waals surface area (Å²) < 4.78 is 2.84. The van der Waals surface area contributed by atoms with Gasteiger partial charge in [-0.1, -0.05) is 79.9 Å². The van der Waals surface area contributed by atoms with Gasteiger partial charge < -0.3 is 25.4 Å². The van der Waals surface area contributed by atoms with Gasteiger partial charge in [-0.25, -0.2) is 0 Å². The number of amides is 1. The van der Waals surface area contributed by atoms with E-state index in [0.29, 0.717) is 87.1 Å². The zero-order valence-corrected chi connectivity index (χ0v) is 51.2. The Morgan fingerprint density at radius 2 is 1.22 bits per heavy atom. The quantitative estimate of drug-likeness (QED) is 0.0150. The third-order valence-corrected chi connectivity index (χ3v) is 24.1. The Morgan fingerprint density at radius 3 is 1.82 bits per heavy atom. The Bertz CT molecular complexity index is 3790. The van der Waals surface area contributed by atoms with Crippen molar-refractivity contribution in [3.05, 3.63) is 219 Å². The van der Waals surface area contributed by atoms with E-state index in [-0.39, 0.29) is 11.7 Å². The number of rotatable bonds is 24. The van der Waals surface area contributed by atoms with Crippen LogP contribution in [0, 0.1) is 6.92 Å². The van der Waals surface area contributed by atoms with Crippen molar-refractivity contribution < 1.29 is 29.7 Å². The summed E-state index contributed by atoms with van der Waals surface area (Å²) in [6.45, 7) is 16.9. The molecule has 0 aromatic heterocycles. The molecule has 1 aliphatic carbocycles. The molecular formula is C69H77B2GeN5O6. The van der Waals surface area contributed by atoms with Crippen molar-refractivity contribution >= 4 is 93.0 Å². The first-order valence-electron chi connectivity index (χ1n) is 28.8. The van der Waals surface area contributed by atoms with Crippen LogP contribution in [-0.2, 0) is 35.8 Å². The van der Waals surface area contributed by atoms with Gasteiger partial charge in [-0.05, 0) is 67.3 Å². The number of aliphatic imine (C=N–C) groups is 1. The first-order chi connectivity index (χ1) is 39.9. The Balaban J connectivity index is 1.24. The summed E-state index contributed by atoms with van der Waals surface area (Å²) in [7, 11) is 0.537. The molecule has 0 atom stereocenters. The molecule has 7 aromatic carbocycles. The predicted molar refractivity (Wildman–Crippen MR) is 348 cm³/mol. The summed E-state index contributed by atoms with van der Waals surface area (Å²) in [5.41, 5.74) is 16.0. The number of unbranched alkanes of at least 4 members (excludes halogenated alkanes) is 1. The molecule has 14 heteroatoms. The molecule has 0 saturated carbocycles. The number of Topliss-reactive ketones (excluding diaryl/α,β-unsaturated/α-hetero) is 1. The summed E-state index contributed by atoms with van der Waals surface area (Å²) in [6.07, 6.45) is 9.19. The Kier molecular flexibility index (Phi) is 19.3. The van der Waals surface area contributed by atoms with Gasteiger partial charge in [0.1, 0.15) is 0 Å². The van der Waals surface area contributed by atoms with Crippen molar-refractivity contribution in [2.45, 2.75) is 84.1 Å². The van der Waals surface area contributed by atoms with E-state index in [9.17, 15) is 29.7 Å². The molecule has 0 bridgehead atoms. The zero-order chi connectivity index (χ0) is 59.1.